The SMILES string of the molecule is CNC(=O)c1cccc(CN2C(C(=O)O)CC3CCCCC32)c1. The Hall–Kier alpha value is -1.88. The van der Waals surface area contributed by atoms with Crippen LogP contribution in [0.2, 0.25) is 0 Å². The van der Waals surface area contributed by atoms with E-state index in [1.807, 2.05) is 18.2 Å². The number of hydrogen-bond acceptors (Lipinski definition) is 3. The monoisotopic (exact) mass is 316 g/mol. The molecule has 1 aliphatic carbocycles. The molecular formula is C18H24N2O3. The van der Waals surface area contributed by atoms with Gasteiger partial charge < -0.3 is 10.4 Å². The van der Waals surface area contributed by atoms with Gasteiger partial charge in [-0.05, 0) is 42.9 Å². The topological polar surface area (TPSA) is 69.6 Å². The number of likely N-dealkylation sites (tertiary alicyclic amines) is 1. The van der Waals surface area contributed by atoms with E-state index in [-0.39, 0.29) is 5.91 Å². The van der Waals surface area contributed by atoms with Crippen LogP contribution in [-0.4, -0.2) is 41.0 Å². The van der Waals surface area contributed by atoms with E-state index in [1.165, 1.54) is 12.8 Å². The second-order valence-electron chi connectivity index (χ2n) is 6.65. The number of carboxylic acids is 1. The number of carboxylic acid groups (broad SMARTS) is 1. The average Bonchev–Trinajstić information content (AvgIpc) is 2.93. The van der Waals surface area contributed by atoms with Gasteiger partial charge in [0.1, 0.15) is 6.04 Å². The van der Waals surface area contributed by atoms with E-state index < -0.39 is 12.0 Å². The van der Waals surface area contributed by atoms with Gasteiger partial charge in [-0.1, -0.05) is 25.0 Å². The number of amides is 1. The third-order valence-corrected chi connectivity index (χ3v) is 5.29. The van der Waals surface area contributed by atoms with Gasteiger partial charge in [-0.25, -0.2) is 0 Å². The van der Waals surface area contributed by atoms with Gasteiger partial charge in [-0.15, -0.1) is 0 Å². The van der Waals surface area contributed by atoms with Crippen molar-refractivity contribution in [3.8, 4) is 0 Å². The van der Waals surface area contributed by atoms with Gasteiger partial charge in [0.15, 0.2) is 0 Å². The first kappa shape index (κ1) is 16.0. The van der Waals surface area contributed by atoms with Crippen molar-refractivity contribution in [2.24, 2.45) is 5.92 Å². The Morgan fingerprint density at radius 2 is 2.09 bits per heavy atom. The third-order valence-electron chi connectivity index (χ3n) is 5.29. The minimum Gasteiger partial charge on any atom is -0.480 e. The fourth-order valence-corrected chi connectivity index (χ4v) is 4.19. The van der Waals surface area contributed by atoms with Gasteiger partial charge >= 0.3 is 5.97 Å². The number of carbonyl (C=O) groups excluding carboxylic acids is 1. The molecule has 3 rings (SSSR count). The highest BCUT2D eigenvalue weighted by Gasteiger charge is 2.44. The van der Waals surface area contributed by atoms with Crippen molar-refractivity contribution in [2.75, 3.05) is 7.05 Å². The zero-order valence-electron chi connectivity index (χ0n) is 13.5. The largest absolute Gasteiger partial charge is 0.480 e. The summed E-state index contributed by atoms with van der Waals surface area (Å²) in [4.78, 5) is 25.6. The van der Waals surface area contributed by atoms with Gasteiger partial charge in [0.2, 0.25) is 0 Å². The Morgan fingerprint density at radius 1 is 1.30 bits per heavy atom. The van der Waals surface area contributed by atoms with Crippen LogP contribution in [0.3, 0.4) is 0 Å². The zero-order valence-corrected chi connectivity index (χ0v) is 13.5. The number of fused-ring (bicyclic) bond motifs is 1. The van der Waals surface area contributed by atoms with Crippen LogP contribution in [0.25, 0.3) is 0 Å². The molecule has 0 spiro atoms. The van der Waals surface area contributed by atoms with E-state index in [0.29, 0.717) is 24.1 Å². The number of benzene rings is 1. The molecule has 1 aromatic carbocycles. The van der Waals surface area contributed by atoms with Crippen molar-refractivity contribution in [1.82, 2.24) is 10.2 Å². The van der Waals surface area contributed by atoms with Crippen molar-refractivity contribution in [1.29, 1.82) is 0 Å². The van der Waals surface area contributed by atoms with E-state index in [4.69, 9.17) is 0 Å². The molecule has 2 fully saturated rings. The highest BCUT2D eigenvalue weighted by molar-refractivity contribution is 5.94. The van der Waals surface area contributed by atoms with E-state index in [1.54, 1.807) is 13.1 Å². The highest BCUT2D eigenvalue weighted by Crippen LogP contribution is 2.40. The van der Waals surface area contributed by atoms with Crippen LogP contribution in [0.15, 0.2) is 24.3 Å². The number of nitrogens with zero attached hydrogens (tertiary/aromatic N) is 1. The Kier molecular flexibility index (Phi) is 4.66. The Labute approximate surface area is 136 Å². The number of carbonyl (C=O) groups is 2. The first-order valence-electron chi connectivity index (χ1n) is 8.39. The first-order valence-corrected chi connectivity index (χ1v) is 8.39. The minimum absolute atomic E-state index is 0.112. The standard InChI is InChI=1S/C18H24N2O3/c1-19-17(21)14-7-4-5-12(9-14)11-20-15-8-3-2-6-13(15)10-16(20)18(22)23/h4-5,7,9,13,15-16H,2-3,6,8,10-11H2,1H3,(H,19,21)(H,22,23). The molecule has 1 saturated carbocycles. The van der Waals surface area contributed by atoms with Crippen molar-refractivity contribution < 1.29 is 14.7 Å². The minimum atomic E-state index is -0.721. The zero-order chi connectivity index (χ0) is 16.4. The molecule has 2 aliphatic rings. The molecule has 1 heterocycles. The quantitative estimate of drug-likeness (QED) is 0.894. The van der Waals surface area contributed by atoms with Crippen LogP contribution in [-0.2, 0) is 11.3 Å². The van der Waals surface area contributed by atoms with Crippen LogP contribution in [0.5, 0.6) is 0 Å². The van der Waals surface area contributed by atoms with Crippen LogP contribution < -0.4 is 5.32 Å². The summed E-state index contributed by atoms with van der Waals surface area (Å²) in [6, 6.07) is 7.46. The maximum Gasteiger partial charge on any atom is 0.320 e. The number of aliphatic carboxylic acids is 1. The summed E-state index contributed by atoms with van der Waals surface area (Å²) in [6.45, 7) is 0.600. The summed E-state index contributed by atoms with van der Waals surface area (Å²) < 4.78 is 0. The molecule has 5 nitrogen and oxygen atoms in total. The van der Waals surface area contributed by atoms with Crippen molar-refractivity contribution >= 4 is 11.9 Å². The summed E-state index contributed by atoms with van der Waals surface area (Å²) in [5.74, 6) is -0.326. The molecule has 1 amide bonds. The second kappa shape index (κ2) is 6.71. The molecule has 5 heteroatoms. The number of hydrogen-bond donors (Lipinski definition) is 2. The predicted molar refractivity (Wildman–Crippen MR) is 87.2 cm³/mol. The Bertz CT molecular complexity index is 602. The molecule has 124 valence electrons. The lowest BCUT2D eigenvalue weighted by Crippen LogP contribution is -2.41. The van der Waals surface area contributed by atoms with E-state index in [0.717, 1.165) is 24.8 Å². The lowest BCUT2D eigenvalue weighted by molar-refractivity contribution is -0.142. The highest BCUT2D eigenvalue weighted by atomic mass is 16.4. The van der Waals surface area contributed by atoms with E-state index in [2.05, 4.69) is 10.2 Å². The summed E-state index contributed by atoms with van der Waals surface area (Å²) in [5.41, 5.74) is 1.62. The van der Waals surface area contributed by atoms with Crippen LogP contribution in [0, 0.1) is 5.92 Å². The van der Waals surface area contributed by atoms with E-state index in [9.17, 15) is 14.7 Å². The summed E-state index contributed by atoms with van der Waals surface area (Å²) in [6.07, 6.45) is 5.39. The lowest BCUT2D eigenvalue weighted by atomic mass is 9.84. The fourth-order valence-electron chi connectivity index (χ4n) is 4.19. The van der Waals surface area contributed by atoms with Crippen LogP contribution in [0.4, 0.5) is 0 Å². The molecule has 3 unspecified atom stereocenters. The third kappa shape index (κ3) is 3.24. The predicted octanol–water partition coefficient (Wildman–Crippen LogP) is 2.26. The molecule has 1 saturated heterocycles. The van der Waals surface area contributed by atoms with Gasteiger partial charge in [0.05, 0.1) is 0 Å². The number of rotatable bonds is 4. The van der Waals surface area contributed by atoms with Crippen molar-refractivity contribution in [3.05, 3.63) is 35.4 Å². The molecular weight excluding hydrogens is 292 g/mol. The van der Waals surface area contributed by atoms with Gasteiger partial charge in [-0.2, -0.15) is 0 Å². The van der Waals surface area contributed by atoms with Crippen molar-refractivity contribution in [3.63, 3.8) is 0 Å². The molecule has 2 N–H and O–H groups in total. The summed E-state index contributed by atoms with van der Waals surface area (Å²) in [7, 11) is 1.61. The van der Waals surface area contributed by atoms with Gasteiger partial charge in [0.25, 0.3) is 5.91 Å². The van der Waals surface area contributed by atoms with E-state index >= 15 is 0 Å². The number of nitrogens with one attached hydrogen (secondary N) is 1. The molecule has 1 aromatic rings. The van der Waals surface area contributed by atoms with Gasteiger partial charge in [0, 0.05) is 25.2 Å². The van der Waals surface area contributed by atoms with Crippen molar-refractivity contribution in [2.45, 2.75) is 50.7 Å². The Balaban J connectivity index is 1.81. The lowest BCUT2D eigenvalue weighted by Gasteiger charge is -2.33. The molecule has 23 heavy (non-hydrogen) atoms. The van der Waals surface area contributed by atoms with Crippen LogP contribution >= 0.6 is 0 Å². The summed E-state index contributed by atoms with van der Waals surface area (Å²) in [5, 5.41) is 12.2. The molecule has 1 aliphatic heterocycles. The fraction of sp³-hybridized carbons (Fsp3) is 0.556. The average molecular weight is 316 g/mol. The Morgan fingerprint density at radius 3 is 2.83 bits per heavy atom. The summed E-state index contributed by atoms with van der Waals surface area (Å²) >= 11 is 0. The maximum atomic E-state index is 11.8. The first-order chi connectivity index (χ1) is 11.1. The molecule has 0 bridgehead atoms. The van der Waals surface area contributed by atoms with Crippen LogP contribution in [0.1, 0.15) is 48.0 Å². The maximum absolute atomic E-state index is 11.8. The molecule has 0 aromatic heterocycles. The smallest absolute Gasteiger partial charge is 0.320 e. The second-order valence-corrected chi connectivity index (χ2v) is 6.65. The molecule has 0 radical (unpaired) electrons. The molecule has 3 atom stereocenters. The van der Waals surface area contributed by atoms with Gasteiger partial charge in [-0.3, -0.25) is 14.5 Å². The normalized spacial score (nSPS) is 27.4.